The molecular weight excluding hydrogens is 468 g/mol. The van der Waals surface area contributed by atoms with Crippen LogP contribution < -0.4 is 20.3 Å². The average Bonchev–Trinajstić information content (AvgIpc) is 3.34. The van der Waals surface area contributed by atoms with Gasteiger partial charge in [-0.05, 0) is 42.3 Å². The Morgan fingerprint density at radius 2 is 1.70 bits per heavy atom. The summed E-state index contributed by atoms with van der Waals surface area (Å²) in [5.41, 5.74) is 7.33. The van der Waals surface area contributed by atoms with Crippen molar-refractivity contribution in [2.24, 2.45) is 0 Å². The number of sulfonamides is 1. The third-order valence-corrected chi connectivity index (χ3v) is 8.17. The van der Waals surface area contributed by atoms with Crippen LogP contribution in [0.1, 0.15) is 18.0 Å². The van der Waals surface area contributed by atoms with E-state index in [1.807, 2.05) is 24.3 Å². The van der Waals surface area contributed by atoms with Crippen LogP contribution in [-0.2, 0) is 14.8 Å². The van der Waals surface area contributed by atoms with E-state index in [4.69, 9.17) is 21.1 Å². The molecule has 0 bridgehead atoms. The third kappa shape index (κ3) is 4.95. The van der Waals surface area contributed by atoms with E-state index >= 15 is 0 Å². The number of hydrogen-bond donors (Lipinski definition) is 2. The van der Waals surface area contributed by atoms with Crippen molar-refractivity contribution in [3.05, 3.63) is 53.1 Å². The van der Waals surface area contributed by atoms with Gasteiger partial charge in [-0.1, -0.05) is 23.7 Å². The summed E-state index contributed by atoms with van der Waals surface area (Å²) >= 11 is 6.02. The monoisotopic (exact) mass is 494 g/mol. The van der Waals surface area contributed by atoms with Crippen LogP contribution >= 0.6 is 11.6 Å². The van der Waals surface area contributed by atoms with Gasteiger partial charge in [-0.15, -0.1) is 0 Å². The van der Waals surface area contributed by atoms with Gasteiger partial charge in [0.2, 0.25) is 15.9 Å². The number of benzene rings is 2. The zero-order valence-corrected chi connectivity index (χ0v) is 20.0. The van der Waals surface area contributed by atoms with Gasteiger partial charge in [0.25, 0.3) is 0 Å². The third-order valence-electron chi connectivity index (χ3n) is 6.01. The molecule has 2 fully saturated rings. The van der Waals surface area contributed by atoms with Crippen LogP contribution in [0, 0.1) is 0 Å². The molecule has 178 valence electrons. The van der Waals surface area contributed by atoms with Crippen molar-refractivity contribution in [3.8, 4) is 11.5 Å². The van der Waals surface area contributed by atoms with Crippen molar-refractivity contribution in [1.29, 1.82) is 0 Å². The lowest BCUT2D eigenvalue weighted by atomic mass is 10.0. The number of hydrazine groups is 1. The van der Waals surface area contributed by atoms with E-state index in [2.05, 4.69) is 10.9 Å². The number of methoxy groups -OCH3 is 2. The summed E-state index contributed by atoms with van der Waals surface area (Å²) in [7, 11) is -0.760. The lowest BCUT2D eigenvalue weighted by molar-refractivity contribution is -0.134. The first-order chi connectivity index (χ1) is 15.8. The van der Waals surface area contributed by atoms with Crippen molar-refractivity contribution in [1.82, 2.24) is 20.1 Å². The van der Waals surface area contributed by atoms with Gasteiger partial charge in [0.1, 0.15) is 22.4 Å². The van der Waals surface area contributed by atoms with E-state index < -0.39 is 10.0 Å². The Morgan fingerprint density at radius 3 is 2.33 bits per heavy atom. The van der Waals surface area contributed by atoms with E-state index in [9.17, 15) is 13.2 Å². The number of carbonyl (C=O) groups is 1. The number of ether oxygens (including phenoxy) is 2. The number of nitrogens with one attached hydrogen (secondary N) is 2. The first kappa shape index (κ1) is 23.8. The number of rotatable bonds is 6. The van der Waals surface area contributed by atoms with Gasteiger partial charge in [0.15, 0.2) is 0 Å². The highest BCUT2D eigenvalue weighted by Gasteiger charge is 2.37. The lowest BCUT2D eigenvalue weighted by Crippen LogP contribution is -2.54. The van der Waals surface area contributed by atoms with Crippen molar-refractivity contribution < 1.29 is 22.7 Å². The van der Waals surface area contributed by atoms with Gasteiger partial charge in [-0.2, -0.15) is 4.31 Å². The molecule has 2 aromatic rings. The molecule has 4 rings (SSSR count). The highest BCUT2D eigenvalue weighted by atomic mass is 35.5. The Hall–Kier alpha value is -2.37. The molecule has 2 atom stereocenters. The molecule has 33 heavy (non-hydrogen) atoms. The van der Waals surface area contributed by atoms with Crippen molar-refractivity contribution in [3.63, 3.8) is 0 Å². The molecule has 2 aliphatic heterocycles. The number of nitrogens with zero attached hydrogens (tertiary/aromatic N) is 2. The summed E-state index contributed by atoms with van der Waals surface area (Å²) < 4.78 is 38.1. The Morgan fingerprint density at radius 1 is 1.00 bits per heavy atom. The molecule has 2 unspecified atom stereocenters. The predicted octanol–water partition coefficient (Wildman–Crippen LogP) is 1.80. The SMILES string of the molecule is COc1ccc(C2CC(C(=O)N3CCN(S(=O)(=O)c4cc(Cl)ccc4OC)CC3)NN2)cc1. The molecule has 2 heterocycles. The summed E-state index contributed by atoms with van der Waals surface area (Å²) in [6.45, 7) is 1.02. The van der Waals surface area contributed by atoms with Gasteiger partial charge in [0, 0.05) is 37.2 Å². The molecule has 0 aliphatic carbocycles. The molecule has 2 aliphatic rings. The Bertz CT molecular complexity index is 1100. The Kier molecular flexibility index (Phi) is 7.10. The predicted molar refractivity (Wildman–Crippen MR) is 124 cm³/mol. The Labute approximate surface area is 198 Å². The molecule has 2 saturated heterocycles. The molecule has 11 heteroatoms. The summed E-state index contributed by atoms with van der Waals surface area (Å²) in [5, 5.41) is 0.314. The van der Waals surface area contributed by atoms with Crippen molar-refractivity contribution in [2.45, 2.75) is 23.4 Å². The van der Waals surface area contributed by atoms with Crippen LogP contribution in [0.25, 0.3) is 0 Å². The smallest absolute Gasteiger partial charge is 0.246 e. The van der Waals surface area contributed by atoms with E-state index in [1.165, 1.54) is 23.5 Å². The largest absolute Gasteiger partial charge is 0.497 e. The summed E-state index contributed by atoms with van der Waals surface area (Å²) in [6, 6.07) is 11.8. The molecule has 0 spiro atoms. The van der Waals surface area contributed by atoms with Crippen LogP contribution in [0.2, 0.25) is 5.02 Å². The maximum atomic E-state index is 13.2. The molecule has 2 N–H and O–H groups in total. The lowest BCUT2D eigenvalue weighted by Gasteiger charge is -2.35. The number of piperazine rings is 1. The first-order valence-electron chi connectivity index (χ1n) is 10.6. The minimum Gasteiger partial charge on any atom is -0.497 e. The van der Waals surface area contributed by atoms with E-state index in [-0.39, 0.29) is 41.7 Å². The second-order valence-electron chi connectivity index (χ2n) is 7.93. The minimum atomic E-state index is -3.80. The maximum absolute atomic E-state index is 13.2. The first-order valence-corrected chi connectivity index (χ1v) is 12.4. The zero-order chi connectivity index (χ0) is 23.6. The van der Waals surface area contributed by atoms with Crippen LogP contribution in [-0.4, -0.2) is 70.0 Å². The number of halogens is 1. The molecular formula is C22H27ClN4O5S. The molecule has 1 amide bonds. The van der Waals surface area contributed by atoms with Crippen molar-refractivity contribution >= 4 is 27.5 Å². The number of carbonyl (C=O) groups excluding carboxylic acids is 1. The fraction of sp³-hybridized carbons (Fsp3) is 0.409. The van der Waals surface area contributed by atoms with Gasteiger partial charge < -0.3 is 14.4 Å². The highest BCUT2D eigenvalue weighted by Crippen LogP contribution is 2.30. The summed E-state index contributed by atoms with van der Waals surface area (Å²) in [5.74, 6) is 0.972. The van der Waals surface area contributed by atoms with Crippen LogP contribution in [0.3, 0.4) is 0 Å². The van der Waals surface area contributed by atoms with E-state index in [1.54, 1.807) is 18.1 Å². The standard InChI is InChI=1S/C22H27ClN4O5S/c1-31-17-6-3-15(4-7-17)18-14-19(25-24-18)22(28)26-9-11-27(12-10-26)33(29,30)21-13-16(23)5-8-20(21)32-2/h3-8,13,18-19,24-25H,9-12,14H2,1-2H3. The Balaban J connectivity index is 1.37. The summed E-state index contributed by atoms with van der Waals surface area (Å²) in [4.78, 5) is 14.8. The molecule has 9 nitrogen and oxygen atoms in total. The van der Waals surface area contributed by atoms with Gasteiger partial charge in [-0.3, -0.25) is 4.79 Å². The van der Waals surface area contributed by atoms with E-state index in [0.29, 0.717) is 24.5 Å². The second kappa shape index (κ2) is 9.86. The topological polar surface area (TPSA) is 100 Å². The maximum Gasteiger partial charge on any atom is 0.246 e. The molecule has 2 aromatic carbocycles. The van der Waals surface area contributed by atoms with Gasteiger partial charge >= 0.3 is 0 Å². The quantitative estimate of drug-likeness (QED) is 0.631. The van der Waals surface area contributed by atoms with Crippen LogP contribution in [0.15, 0.2) is 47.4 Å². The zero-order valence-electron chi connectivity index (χ0n) is 18.5. The number of hydrogen-bond acceptors (Lipinski definition) is 7. The van der Waals surface area contributed by atoms with E-state index in [0.717, 1.165) is 11.3 Å². The molecule has 0 aromatic heterocycles. The van der Waals surface area contributed by atoms with Gasteiger partial charge in [0.05, 0.1) is 14.2 Å². The van der Waals surface area contributed by atoms with Crippen LogP contribution in [0.4, 0.5) is 0 Å². The fourth-order valence-electron chi connectivity index (χ4n) is 4.13. The molecule has 0 radical (unpaired) electrons. The molecule has 0 saturated carbocycles. The number of amides is 1. The second-order valence-corrected chi connectivity index (χ2v) is 10.3. The summed E-state index contributed by atoms with van der Waals surface area (Å²) in [6.07, 6.45) is 0.601. The highest BCUT2D eigenvalue weighted by molar-refractivity contribution is 7.89. The van der Waals surface area contributed by atoms with Crippen LogP contribution in [0.5, 0.6) is 11.5 Å². The van der Waals surface area contributed by atoms with Crippen molar-refractivity contribution in [2.75, 3.05) is 40.4 Å². The fourth-order valence-corrected chi connectivity index (χ4v) is 5.97. The normalized spacial score (nSPS) is 21.7. The van der Waals surface area contributed by atoms with Gasteiger partial charge in [-0.25, -0.2) is 19.3 Å². The average molecular weight is 495 g/mol. The minimum absolute atomic E-state index is 0.00168.